The van der Waals surface area contributed by atoms with Crippen LogP contribution in [0.15, 0.2) is 91.0 Å². The number of benzene rings is 4. The number of para-hydroxylation sites is 2. The van der Waals surface area contributed by atoms with Crippen molar-refractivity contribution >= 4 is 72.8 Å². The number of carbonyl (C=O) groups excluding carboxylic acids is 3. The highest BCUT2D eigenvalue weighted by molar-refractivity contribution is 7.22. The summed E-state index contributed by atoms with van der Waals surface area (Å²) in [5.41, 5.74) is 3.62. The highest BCUT2D eigenvalue weighted by Gasteiger charge is 2.40. The molecule has 1 aliphatic carbocycles. The van der Waals surface area contributed by atoms with E-state index in [2.05, 4.69) is 43.4 Å². The average Bonchev–Trinajstić information content (AvgIpc) is 3.98. The fourth-order valence-corrected chi connectivity index (χ4v) is 12.8. The number of fused-ring (bicyclic) bond motifs is 3. The second kappa shape index (κ2) is 21.0. The molecule has 3 aliphatic heterocycles. The highest BCUT2D eigenvalue weighted by atomic mass is 32.1. The van der Waals surface area contributed by atoms with Crippen LogP contribution in [0.25, 0.3) is 32.2 Å². The Labute approximate surface area is 441 Å². The molecular formula is C57H58F3N9O6S. The van der Waals surface area contributed by atoms with Crippen LogP contribution in [-0.2, 0) is 35.8 Å². The highest BCUT2D eigenvalue weighted by Crippen LogP contribution is 2.46. The number of carboxylic acid groups (broad SMARTS) is 1. The number of anilines is 3. The number of carboxylic acids is 1. The number of nitrogens with one attached hydrogen (secondary N) is 2. The number of hydrogen-bond donors (Lipinski definition) is 3. The van der Waals surface area contributed by atoms with Crippen molar-refractivity contribution in [3.63, 3.8) is 0 Å². The van der Waals surface area contributed by atoms with Gasteiger partial charge in [-0.3, -0.25) is 34.6 Å². The van der Waals surface area contributed by atoms with E-state index in [0.29, 0.717) is 66.9 Å². The number of piperidine rings is 1. The van der Waals surface area contributed by atoms with Crippen molar-refractivity contribution in [2.45, 2.75) is 83.0 Å². The smallest absolute Gasteiger partial charge is 0.420 e. The molecule has 0 spiro atoms. The topological polar surface area (TPSA) is 175 Å². The van der Waals surface area contributed by atoms with Crippen LogP contribution in [0.1, 0.15) is 101 Å². The number of nitrogens with zero attached hydrogens (tertiary/aromatic N) is 7. The number of imide groups is 1. The van der Waals surface area contributed by atoms with Gasteiger partial charge in [-0.1, -0.05) is 66.8 Å². The van der Waals surface area contributed by atoms with Gasteiger partial charge < -0.3 is 19.6 Å². The second-order valence-corrected chi connectivity index (χ2v) is 21.7. The SMILES string of the molecule is C[C@H](CC1CCC(Oc2cccc(-c3ccc(N4CCc5cccc(C(=O)Nc6nc7ccccc7s6)c5C4)nc3C(=O)O)c2C(F)(F)F)CC1)CN1CCN(c2cccc3c(C4CCC(=O)NC4=O)nn(C)c23)CC1. The van der Waals surface area contributed by atoms with Gasteiger partial charge in [0.1, 0.15) is 17.1 Å². The van der Waals surface area contributed by atoms with Gasteiger partial charge in [-0.15, -0.1) is 0 Å². The minimum atomic E-state index is -4.87. The first-order chi connectivity index (χ1) is 36.6. The Hall–Kier alpha value is -7.38. The molecule has 11 rings (SSSR count). The monoisotopic (exact) mass is 1050 g/mol. The first-order valence-corrected chi connectivity index (χ1v) is 26.9. The molecule has 3 N–H and O–H groups in total. The first kappa shape index (κ1) is 50.8. The average molecular weight is 1050 g/mol. The second-order valence-electron chi connectivity index (χ2n) is 20.7. The van der Waals surface area contributed by atoms with Gasteiger partial charge in [0.2, 0.25) is 11.8 Å². The predicted octanol–water partition coefficient (Wildman–Crippen LogP) is 10.1. The normalized spacial score (nSPS) is 19.9. The number of carbonyl (C=O) groups is 4. The van der Waals surface area contributed by atoms with Crippen molar-refractivity contribution in [2.75, 3.05) is 54.4 Å². The summed E-state index contributed by atoms with van der Waals surface area (Å²) in [6.45, 7) is 7.32. The summed E-state index contributed by atoms with van der Waals surface area (Å²) in [4.78, 5) is 66.9. The maximum atomic E-state index is 15.2. The lowest BCUT2D eigenvalue weighted by Gasteiger charge is -2.38. The van der Waals surface area contributed by atoms with E-state index >= 15 is 13.2 Å². The van der Waals surface area contributed by atoms with Gasteiger partial charge in [0.25, 0.3) is 5.91 Å². The molecular weight excluding hydrogens is 996 g/mol. The molecule has 4 aromatic carbocycles. The summed E-state index contributed by atoms with van der Waals surface area (Å²) in [7, 11) is 1.90. The largest absolute Gasteiger partial charge is 0.490 e. The molecule has 2 saturated heterocycles. The third-order valence-electron chi connectivity index (χ3n) is 15.6. The Balaban J connectivity index is 0.711. The zero-order valence-electron chi connectivity index (χ0n) is 42.2. The van der Waals surface area contributed by atoms with Crippen molar-refractivity contribution in [1.82, 2.24) is 30.0 Å². The fourth-order valence-electron chi connectivity index (χ4n) is 12.0. The van der Waals surface area contributed by atoms with Crippen molar-refractivity contribution in [3.8, 4) is 16.9 Å². The molecule has 1 saturated carbocycles. The number of alkyl halides is 3. The minimum absolute atomic E-state index is 0.173. The Bertz CT molecular complexity index is 3350. The number of rotatable bonds is 13. The summed E-state index contributed by atoms with van der Waals surface area (Å²) in [5, 5.41) is 22.0. The number of amides is 3. The van der Waals surface area contributed by atoms with Crippen LogP contribution in [0.2, 0.25) is 0 Å². The standard InChI is InChI=1S/C57H58F3N9O6S/c1-33(31-67-26-28-68(29-27-67)44-13-6-11-40-50(65-66(2)52(40)44)41-21-23-48(70)63-54(41)72)30-34-16-18-36(19-17-34)75-45-14-7-9-37(49(45)57(58,59)60)38-20-22-47(62-51(38)55(73)74)69-25-24-35-8-5-10-39(42(35)32-69)53(71)64-56-61-43-12-3-4-15-46(43)76-56/h3-15,20,22,33-34,36,41H,16-19,21,23-32H2,1-2H3,(H,73,74)(H,61,64,71)(H,63,70,72)/t33-,34?,36?,41?/m1/s1. The summed E-state index contributed by atoms with van der Waals surface area (Å²) in [5.74, 6) is -2.07. The van der Waals surface area contributed by atoms with Gasteiger partial charge in [-0.05, 0) is 110 Å². The Kier molecular flexibility index (Phi) is 14.0. The molecule has 0 radical (unpaired) electrons. The van der Waals surface area contributed by atoms with Crippen LogP contribution in [0.3, 0.4) is 0 Å². The van der Waals surface area contributed by atoms with E-state index in [1.54, 1.807) is 12.1 Å². The molecule has 15 nitrogen and oxygen atoms in total. The van der Waals surface area contributed by atoms with Gasteiger partial charge in [-0.2, -0.15) is 18.3 Å². The van der Waals surface area contributed by atoms with Gasteiger partial charge in [-0.25, -0.2) is 14.8 Å². The lowest BCUT2D eigenvalue weighted by molar-refractivity contribution is -0.139. The molecule has 19 heteroatoms. The lowest BCUT2D eigenvalue weighted by atomic mass is 9.82. The number of pyridine rings is 1. The van der Waals surface area contributed by atoms with Gasteiger partial charge in [0.15, 0.2) is 10.8 Å². The van der Waals surface area contributed by atoms with Crippen LogP contribution in [0, 0.1) is 11.8 Å². The third kappa shape index (κ3) is 10.3. The van der Waals surface area contributed by atoms with E-state index in [4.69, 9.17) is 9.84 Å². The minimum Gasteiger partial charge on any atom is -0.490 e. The number of aryl methyl sites for hydroxylation is 1. The van der Waals surface area contributed by atoms with E-state index in [1.807, 2.05) is 65.2 Å². The van der Waals surface area contributed by atoms with E-state index in [1.165, 1.54) is 35.6 Å². The van der Waals surface area contributed by atoms with E-state index in [9.17, 15) is 24.3 Å². The molecule has 7 aromatic rings. The van der Waals surface area contributed by atoms with Gasteiger partial charge in [0.05, 0.1) is 39.1 Å². The zero-order valence-corrected chi connectivity index (χ0v) is 43.1. The van der Waals surface area contributed by atoms with Crippen molar-refractivity contribution in [2.24, 2.45) is 18.9 Å². The summed E-state index contributed by atoms with van der Waals surface area (Å²) in [6, 6.07) is 26.2. The Morgan fingerprint density at radius 3 is 2.39 bits per heavy atom. The maximum Gasteiger partial charge on any atom is 0.420 e. The quantitative estimate of drug-likeness (QED) is 0.0934. The molecule has 0 bridgehead atoms. The Morgan fingerprint density at radius 1 is 0.855 bits per heavy atom. The molecule has 3 amide bonds. The van der Waals surface area contributed by atoms with Crippen molar-refractivity contribution in [1.29, 1.82) is 0 Å². The van der Waals surface area contributed by atoms with E-state index in [-0.39, 0.29) is 47.0 Å². The van der Waals surface area contributed by atoms with Gasteiger partial charge in [0, 0.05) is 81.4 Å². The number of ether oxygens (including phenoxy) is 1. The molecule has 394 valence electrons. The van der Waals surface area contributed by atoms with E-state index in [0.717, 1.165) is 89.9 Å². The maximum absolute atomic E-state index is 15.2. The fraction of sp³-hybridized carbons (Fsp3) is 0.386. The van der Waals surface area contributed by atoms with Crippen molar-refractivity contribution in [3.05, 3.63) is 125 Å². The number of piperazine rings is 1. The summed E-state index contributed by atoms with van der Waals surface area (Å²) < 4.78 is 54.7. The van der Waals surface area contributed by atoms with Crippen LogP contribution in [0.4, 0.5) is 29.8 Å². The number of thiazole rings is 1. The predicted molar refractivity (Wildman–Crippen MR) is 285 cm³/mol. The lowest BCUT2D eigenvalue weighted by Crippen LogP contribution is -2.47. The van der Waals surface area contributed by atoms with Gasteiger partial charge >= 0.3 is 12.1 Å². The van der Waals surface area contributed by atoms with Crippen LogP contribution in [0.5, 0.6) is 5.75 Å². The first-order valence-electron chi connectivity index (χ1n) is 26.1. The number of halogens is 3. The molecule has 3 fully saturated rings. The third-order valence-corrected chi connectivity index (χ3v) is 16.5. The van der Waals surface area contributed by atoms with Crippen LogP contribution in [-0.4, -0.2) is 98.8 Å². The van der Waals surface area contributed by atoms with Crippen LogP contribution < -0.4 is 25.2 Å². The molecule has 2 atom stereocenters. The number of hydrogen-bond acceptors (Lipinski definition) is 12. The molecule has 1 unspecified atom stereocenters. The van der Waals surface area contributed by atoms with Crippen molar-refractivity contribution < 1.29 is 42.2 Å². The number of aromatic carboxylic acids is 1. The number of aromatic nitrogens is 4. The molecule has 76 heavy (non-hydrogen) atoms. The molecule has 6 heterocycles. The zero-order chi connectivity index (χ0) is 52.8. The summed E-state index contributed by atoms with van der Waals surface area (Å²) >= 11 is 1.37. The summed E-state index contributed by atoms with van der Waals surface area (Å²) in [6.07, 6.45) is -0.190. The molecule has 3 aromatic heterocycles. The van der Waals surface area contributed by atoms with Crippen LogP contribution >= 0.6 is 11.3 Å². The van der Waals surface area contributed by atoms with E-state index < -0.39 is 35.4 Å². The Morgan fingerprint density at radius 2 is 1.63 bits per heavy atom. The molecule has 4 aliphatic rings.